The summed E-state index contributed by atoms with van der Waals surface area (Å²) in [5, 5.41) is 13.2. The van der Waals surface area contributed by atoms with E-state index in [0.717, 1.165) is 0 Å². The highest BCUT2D eigenvalue weighted by molar-refractivity contribution is 6.30. The van der Waals surface area contributed by atoms with E-state index in [4.69, 9.17) is 21.1 Å². The number of nitrogens with one attached hydrogen (secondary N) is 1. The normalized spacial score (nSPS) is 13.8. The molecule has 0 aliphatic carbocycles. The molecule has 0 fully saturated rings. The minimum atomic E-state index is -1.32. The molecule has 0 saturated carbocycles. The Morgan fingerprint density at radius 3 is 2.52 bits per heavy atom. The first kappa shape index (κ1) is 19.3. The summed E-state index contributed by atoms with van der Waals surface area (Å²) in [7, 11) is 0. The van der Waals surface area contributed by atoms with E-state index in [1.807, 2.05) is 0 Å². The molecule has 0 spiro atoms. The SMILES string of the molecule is CCOC(=O)[C@@H](NC(=O)OC(C)(C)C)[C@@H](O)c1cccc(Cl)c1. The zero-order chi connectivity index (χ0) is 17.6. The average Bonchev–Trinajstić information content (AvgIpc) is 2.42. The van der Waals surface area contributed by atoms with Crippen LogP contribution in [-0.2, 0) is 14.3 Å². The molecule has 1 aromatic rings. The van der Waals surface area contributed by atoms with Gasteiger partial charge in [0.05, 0.1) is 6.61 Å². The van der Waals surface area contributed by atoms with Crippen LogP contribution in [0.2, 0.25) is 5.02 Å². The van der Waals surface area contributed by atoms with Gasteiger partial charge in [0.2, 0.25) is 0 Å². The van der Waals surface area contributed by atoms with Crippen molar-refractivity contribution in [1.29, 1.82) is 0 Å². The number of ether oxygens (including phenoxy) is 2. The predicted molar refractivity (Wildman–Crippen MR) is 86.2 cm³/mol. The summed E-state index contributed by atoms with van der Waals surface area (Å²) >= 11 is 5.89. The van der Waals surface area contributed by atoms with Crippen LogP contribution in [0, 0.1) is 0 Å². The lowest BCUT2D eigenvalue weighted by atomic mass is 10.0. The molecule has 0 saturated heterocycles. The van der Waals surface area contributed by atoms with Crippen LogP contribution in [0.5, 0.6) is 0 Å². The summed E-state index contributed by atoms with van der Waals surface area (Å²) in [6.07, 6.45) is -2.14. The van der Waals surface area contributed by atoms with E-state index < -0.39 is 29.8 Å². The second-order valence-corrected chi connectivity index (χ2v) is 6.31. The quantitative estimate of drug-likeness (QED) is 0.803. The van der Waals surface area contributed by atoms with Crippen LogP contribution in [0.3, 0.4) is 0 Å². The standard InChI is InChI=1S/C16H22ClNO5/c1-5-22-14(20)12(18-15(21)23-16(2,3)4)13(19)10-7-6-8-11(17)9-10/h6-9,12-13,19H,5H2,1-4H3,(H,18,21)/t12-,13-/m0/s1. The molecule has 0 heterocycles. The fourth-order valence-electron chi connectivity index (χ4n) is 1.82. The summed E-state index contributed by atoms with van der Waals surface area (Å²) in [6, 6.07) is 5.08. The molecule has 0 bridgehead atoms. The van der Waals surface area contributed by atoms with Crippen LogP contribution in [-0.4, -0.2) is 35.4 Å². The zero-order valence-corrected chi connectivity index (χ0v) is 14.4. The average molecular weight is 344 g/mol. The fourth-order valence-corrected chi connectivity index (χ4v) is 2.02. The van der Waals surface area contributed by atoms with E-state index in [2.05, 4.69) is 5.32 Å². The number of rotatable bonds is 5. The van der Waals surface area contributed by atoms with Gasteiger partial charge in [-0.3, -0.25) is 0 Å². The van der Waals surface area contributed by atoms with Crippen LogP contribution in [0.25, 0.3) is 0 Å². The minimum absolute atomic E-state index is 0.119. The highest BCUT2D eigenvalue weighted by Gasteiger charge is 2.32. The number of alkyl carbamates (subject to hydrolysis) is 1. The van der Waals surface area contributed by atoms with Gasteiger partial charge in [0, 0.05) is 5.02 Å². The molecule has 0 aliphatic heterocycles. The summed E-state index contributed by atoms with van der Waals surface area (Å²) in [6.45, 7) is 6.83. The highest BCUT2D eigenvalue weighted by atomic mass is 35.5. The Kier molecular flexibility index (Phi) is 6.84. The largest absolute Gasteiger partial charge is 0.464 e. The highest BCUT2D eigenvalue weighted by Crippen LogP contribution is 2.22. The lowest BCUT2D eigenvalue weighted by Crippen LogP contribution is -2.47. The molecular formula is C16H22ClNO5. The van der Waals surface area contributed by atoms with Crippen molar-refractivity contribution < 1.29 is 24.2 Å². The molecule has 7 heteroatoms. The maximum absolute atomic E-state index is 12.1. The maximum Gasteiger partial charge on any atom is 0.408 e. The monoisotopic (exact) mass is 343 g/mol. The molecule has 1 aromatic carbocycles. The van der Waals surface area contributed by atoms with Crippen LogP contribution in [0.4, 0.5) is 4.79 Å². The molecule has 0 unspecified atom stereocenters. The minimum Gasteiger partial charge on any atom is -0.464 e. The van der Waals surface area contributed by atoms with Crippen molar-refractivity contribution in [3.63, 3.8) is 0 Å². The lowest BCUT2D eigenvalue weighted by molar-refractivity contribution is -0.148. The number of halogens is 1. The van der Waals surface area contributed by atoms with Crippen molar-refractivity contribution >= 4 is 23.7 Å². The molecule has 2 N–H and O–H groups in total. The van der Waals surface area contributed by atoms with E-state index in [0.29, 0.717) is 10.6 Å². The predicted octanol–water partition coefficient (Wildman–Crippen LogP) is 2.83. The van der Waals surface area contributed by atoms with Crippen molar-refractivity contribution in [3.8, 4) is 0 Å². The number of carbonyl (C=O) groups is 2. The van der Waals surface area contributed by atoms with Crippen LogP contribution in [0.1, 0.15) is 39.4 Å². The van der Waals surface area contributed by atoms with Crippen molar-refractivity contribution in [2.75, 3.05) is 6.61 Å². The topological polar surface area (TPSA) is 84.9 Å². The van der Waals surface area contributed by atoms with Crippen molar-refractivity contribution in [2.45, 2.75) is 45.4 Å². The number of esters is 1. The van der Waals surface area contributed by atoms with Gasteiger partial charge in [0.15, 0.2) is 6.04 Å². The Balaban J connectivity index is 2.96. The van der Waals surface area contributed by atoms with E-state index in [1.165, 1.54) is 6.07 Å². The van der Waals surface area contributed by atoms with E-state index >= 15 is 0 Å². The van der Waals surface area contributed by atoms with Gasteiger partial charge >= 0.3 is 12.1 Å². The summed E-state index contributed by atoms with van der Waals surface area (Å²) < 4.78 is 10.0. The lowest BCUT2D eigenvalue weighted by Gasteiger charge is -2.25. The van der Waals surface area contributed by atoms with Gasteiger partial charge in [0.1, 0.15) is 11.7 Å². The van der Waals surface area contributed by atoms with Crippen molar-refractivity contribution in [3.05, 3.63) is 34.9 Å². The Morgan fingerprint density at radius 1 is 1.35 bits per heavy atom. The van der Waals surface area contributed by atoms with Gasteiger partial charge in [-0.15, -0.1) is 0 Å². The van der Waals surface area contributed by atoms with Gasteiger partial charge in [-0.2, -0.15) is 0 Å². The molecule has 23 heavy (non-hydrogen) atoms. The number of hydrogen-bond donors (Lipinski definition) is 2. The molecule has 0 aliphatic rings. The molecular weight excluding hydrogens is 322 g/mol. The fraction of sp³-hybridized carbons (Fsp3) is 0.500. The molecule has 2 atom stereocenters. The molecule has 1 amide bonds. The van der Waals surface area contributed by atoms with Gasteiger partial charge in [-0.05, 0) is 45.4 Å². The van der Waals surface area contributed by atoms with E-state index in [1.54, 1.807) is 45.9 Å². The summed E-state index contributed by atoms with van der Waals surface area (Å²) in [5.74, 6) is -0.758. The van der Waals surface area contributed by atoms with E-state index in [9.17, 15) is 14.7 Å². The van der Waals surface area contributed by atoms with Gasteiger partial charge in [-0.1, -0.05) is 23.7 Å². The van der Waals surface area contributed by atoms with Crippen LogP contribution < -0.4 is 5.32 Å². The van der Waals surface area contributed by atoms with Crippen LogP contribution >= 0.6 is 11.6 Å². The molecule has 0 radical (unpaired) electrons. The maximum atomic E-state index is 12.1. The third-order valence-electron chi connectivity index (χ3n) is 2.72. The van der Waals surface area contributed by atoms with Crippen LogP contribution in [0.15, 0.2) is 24.3 Å². The number of aliphatic hydroxyl groups is 1. The third kappa shape index (κ3) is 6.46. The number of aliphatic hydroxyl groups excluding tert-OH is 1. The molecule has 6 nitrogen and oxygen atoms in total. The zero-order valence-electron chi connectivity index (χ0n) is 13.6. The molecule has 128 valence electrons. The number of carbonyl (C=O) groups excluding carboxylic acids is 2. The van der Waals surface area contributed by atoms with E-state index in [-0.39, 0.29) is 6.61 Å². The van der Waals surface area contributed by atoms with Crippen molar-refractivity contribution in [1.82, 2.24) is 5.32 Å². The Morgan fingerprint density at radius 2 is 2.00 bits per heavy atom. The molecule has 0 aromatic heterocycles. The Bertz CT molecular complexity index is 556. The van der Waals surface area contributed by atoms with Gasteiger partial charge < -0.3 is 19.9 Å². The summed E-state index contributed by atoms with van der Waals surface area (Å²) in [4.78, 5) is 24.0. The first-order valence-electron chi connectivity index (χ1n) is 7.23. The number of amides is 1. The summed E-state index contributed by atoms with van der Waals surface area (Å²) in [5.41, 5.74) is -0.351. The second kappa shape index (κ2) is 8.17. The smallest absolute Gasteiger partial charge is 0.408 e. The van der Waals surface area contributed by atoms with Gasteiger partial charge in [0.25, 0.3) is 0 Å². The third-order valence-corrected chi connectivity index (χ3v) is 2.95. The molecule has 1 rings (SSSR count). The second-order valence-electron chi connectivity index (χ2n) is 5.88. The first-order valence-corrected chi connectivity index (χ1v) is 7.61. The Labute approximate surface area is 140 Å². The number of benzene rings is 1. The number of hydrogen-bond acceptors (Lipinski definition) is 5. The van der Waals surface area contributed by atoms with Gasteiger partial charge in [-0.25, -0.2) is 9.59 Å². The Hall–Kier alpha value is -1.79. The first-order chi connectivity index (χ1) is 10.6. The van der Waals surface area contributed by atoms with Crippen molar-refractivity contribution in [2.24, 2.45) is 0 Å².